The van der Waals surface area contributed by atoms with Crippen molar-refractivity contribution in [2.75, 3.05) is 23.9 Å². The van der Waals surface area contributed by atoms with Crippen molar-refractivity contribution in [1.29, 1.82) is 0 Å². The number of nitrogens with zero attached hydrogens (tertiary/aromatic N) is 3. The molecule has 2 aromatic rings. The Kier molecular flexibility index (Phi) is 4.97. The Morgan fingerprint density at radius 1 is 1.19 bits per heavy atom. The number of aryl methyl sites for hydroxylation is 1. The van der Waals surface area contributed by atoms with Crippen LogP contribution >= 0.6 is 0 Å². The molecule has 2 heterocycles. The Balaban J connectivity index is 1.53. The van der Waals surface area contributed by atoms with E-state index < -0.39 is 0 Å². The number of hydrogen-bond acceptors (Lipinski definition) is 6. The maximum absolute atomic E-state index is 11.7. The van der Waals surface area contributed by atoms with E-state index in [4.69, 9.17) is 9.72 Å². The number of anilines is 2. The smallest absolute Gasteiger partial charge is 0.337 e. The van der Waals surface area contributed by atoms with Crippen molar-refractivity contribution in [3.8, 4) is 0 Å². The van der Waals surface area contributed by atoms with Crippen LogP contribution in [-0.2, 0) is 17.7 Å². The number of carbonyl (C=O) groups is 1. The van der Waals surface area contributed by atoms with E-state index in [1.807, 2.05) is 31.2 Å². The molecule has 6 nitrogen and oxygen atoms in total. The van der Waals surface area contributed by atoms with E-state index in [2.05, 4.69) is 15.2 Å². The second-order valence-electron chi connectivity index (χ2n) is 7.46. The van der Waals surface area contributed by atoms with Crippen LogP contribution in [-0.4, -0.2) is 35.6 Å². The Bertz CT molecular complexity index is 846. The highest BCUT2D eigenvalue weighted by Gasteiger charge is 2.21. The molecule has 1 aliphatic heterocycles. The summed E-state index contributed by atoms with van der Waals surface area (Å²) < 4.78 is 4.83. The van der Waals surface area contributed by atoms with E-state index in [0.29, 0.717) is 11.6 Å². The average Bonchev–Trinajstić information content (AvgIpc) is 3.19. The monoisotopic (exact) mass is 366 g/mol. The van der Waals surface area contributed by atoms with E-state index >= 15 is 0 Å². The highest BCUT2D eigenvalue weighted by molar-refractivity contribution is 5.89. The van der Waals surface area contributed by atoms with Gasteiger partial charge in [-0.1, -0.05) is 18.9 Å². The summed E-state index contributed by atoms with van der Waals surface area (Å²) in [5, 5.41) is 3.51. The molecule has 1 saturated carbocycles. The number of aromatic nitrogens is 2. The molecule has 1 aromatic carbocycles. The SMILES string of the molecule is COC(=O)c1ccc2c(c1)CCN(c1cc(C)nc(NC3CCCC3)n1)C2. The van der Waals surface area contributed by atoms with E-state index in [-0.39, 0.29) is 5.97 Å². The van der Waals surface area contributed by atoms with Crippen molar-refractivity contribution in [3.05, 3.63) is 46.6 Å². The van der Waals surface area contributed by atoms with Crippen LogP contribution in [0.1, 0.15) is 52.9 Å². The summed E-state index contributed by atoms with van der Waals surface area (Å²) in [7, 11) is 1.41. The van der Waals surface area contributed by atoms with Crippen LogP contribution in [0, 0.1) is 6.92 Å². The maximum Gasteiger partial charge on any atom is 0.337 e. The van der Waals surface area contributed by atoms with Gasteiger partial charge in [0.15, 0.2) is 0 Å². The fourth-order valence-electron chi connectivity index (χ4n) is 4.02. The Hall–Kier alpha value is -2.63. The van der Waals surface area contributed by atoms with Gasteiger partial charge in [-0.3, -0.25) is 0 Å². The molecule has 1 fully saturated rings. The molecular weight excluding hydrogens is 340 g/mol. The average molecular weight is 366 g/mol. The van der Waals surface area contributed by atoms with Gasteiger partial charge < -0.3 is 15.0 Å². The highest BCUT2D eigenvalue weighted by atomic mass is 16.5. The molecule has 1 aromatic heterocycles. The standard InChI is InChI=1S/C21H26N4O2/c1-14-11-19(24-21(22-14)23-18-5-3-4-6-18)25-10-9-15-12-16(20(26)27-2)7-8-17(15)13-25/h7-8,11-12,18H,3-6,9-10,13H2,1-2H3,(H,22,23,24). The molecule has 1 N–H and O–H groups in total. The number of esters is 1. The van der Waals surface area contributed by atoms with Gasteiger partial charge in [0, 0.05) is 30.9 Å². The van der Waals surface area contributed by atoms with Crippen molar-refractivity contribution >= 4 is 17.7 Å². The topological polar surface area (TPSA) is 67.3 Å². The van der Waals surface area contributed by atoms with Gasteiger partial charge >= 0.3 is 5.97 Å². The van der Waals surface area contributed by atoms with Gasteiger partial charge in [0.1, 0.15) is 5.82 Å². The van der Waals surface area contributed by atoms with Gasteiger partial charge in [-0.05, 0) is 49.4 Å². The van der Waals surface area contributed by atoms with E-state index in [9.17, 15) is 4.79 Å². The lowest BCUT2D eigenvalue weighted by atomic mass is 9.97. The second-order valence-corrected chi connectivity index (χ2v) is 7.46. The van der Waals surface area contributed by atoms with Crippen LogP contribution in [0.4, 0.5) is 11.8 Å². The molecule has 0 amide bonds. The van der Waals surface area contributed by atoms with Gasteiger partial charge in [-0.25, -0.2) is 9.78 Å². The normalized spacial score (nSPS) is 16.9. The Morgan fingerprint density at radius 2 is 2.00 bits per heavy atom. The van der Waals surface area contributed by atoms with Crippen LogP contribution in [0.3, 0.4) is 0 Å². The summed E-state index contributed by atoms with van der Waals surface area (Å²) in [6, 6.07) is 8.37. The van der Waals surface area contributed by atoms with Crippen molar-refractivity contribution < 1.29 is 9.53 Å². The van der Waals surface area contributed by atoms with Crippen LogP contribution in [0.25, 0.3) is 0 Å². The van der Waals surface area contributed by atoms with Crippen molar-refractivity contribution in [3.63, 3.8) is 0 Å². The first-order valence-corrected chi connectivity index (χ1v) is 9.69. The zero-order valence-corrected chi connectivity index (χ0v) is 16.0. The molecule has 1 aliphatic carbocycles. The second kappa shape index (κ2) is 7.55. The summed E-state index contributed by atoms with van der Waals surface area (Å²) in [5.41, 5.74) is 4.04. The van der Waals surface area contributed by atoms with Crippen LogP contribution < -0.4 is 10.2 Å². The summed E-state index contributed by atoms with van der Waals surface area (Å²) in [4.78, 5) is 23.4. The zero-order chi connectivity index (χ0) is 18.8. The molecule has 27 heavy (non-hydrogen) atoms. The number of rotatable bonds is 4. The first-order chi connectivity index (χ1) is 13.1. The minimum atomic E-state index is -0.283. The van der Waals surface area contributed by atoms with Gasteiger partial charge in [0.05, 0.1) is 12.7 Å². The molecular formula is C21H26N4O2. The Labute approximate surface area is 160 Å². The number of nitrogens with one attached hydrogen (secondary N) is 1. The number of methoxy groups -OCH3 is 1. The number of hydrogen-bond donors (Lipinski definition) is 1. The fraction of sp³-hybridized carbons (Fsp3) is 0.476. The van der Waals surface area contributed by atoms with Gasteiger partial charge in [0.25, 0.3) is 0 Å². The van der Waals surface area contributed by atoms with Gasteiger partial charge in [-0.15, -0.1) is 0 Å². The Morgan fingerprint density at radius 3 is 2.78 bits per heavy atom. The molecule has 6 heteroatoms. The predicted molar refractivity (Wildman–Crippen MR) is 105 cm³/mol. The lowest BCUT2D eigenvalue weighted by molar-refractivity contribution is 0.0600. The van der Waals surface area contributed by atoms with E-state index in [1.165, 1.54) is 43.9 Å². The number of fused-ring (bicyclic) bond motifs is 1. The third kappa shape index (κ3) is 3.89. The number of carbonyl (C=O) groups excluding carboxylic acids is 1. The van der Waals surface area contributed by atoms with E-state index in [1.54, 1.807) is 0 Å². The summed E-state index contributed by atoms with van der Waals surface area (Å²) in [6.45, 7) is 3.68. The lowest BCUT2D eigenvalue weighted by Gasteiger charge is -2.30. The lowest BCUT2D eigenvalue weighted by Crippen LogP contribution is -2.31. The molecule has 0 saturated heterocycles. The molecule has 0 radical (unpaired) electrons. The molecule has 0 unspecified atom stereocenters. The summed E-state index contributed by atoms with van der Waals surface area (Å²) in [6.07, 6.45) is 5.85. The van der Waals surface area contributed by atoms with Gasteiger partial charge in [0.2, 0.25) is 5.95 Å². The first-order valence-electron chi connectivity index (χ1n) is 9.69. The van der Waals surface area contributed by atoms with Crippen LogP contribution in [0.5, 0.6) is 0 Å². The first kappa shape index (κ1) is 17.8. The molecule has 0 spiro atoms. The van der Waals surface area contributed by atoms with Crippen molar-refractivity contribution in [2.45, 2.75) is 51.6 Å². The third-order valence-electron chi connectivity index (χ3n) is 5.49. The molecule has 2 aliphatic rings. The summed E-state index contributed by atoms with van der Waals surface area (Å²) in [5.74, 6) is 1.42. The molecule has 0 atom stereocenters. The highest BCUT2D eigenvalue weighted by Crippen LogP contribution is 2.26. The largest absolute Gasteiger partial charge is 0.465 e. The quantitative estimate of drug-likeness (QED) is 0.836. The minimum Gasteiger partial charge on any atom is -0.465 e. The number of benzene rings is 1. The fourth-order valence-corrected chi connectivity index (χ4v) is 4.02. The molecule has 4 rings (SSSR count). The predicted octanol–water partition coefficient (Wildman–Crippen LogP) is 3.49. The van der Waals surface area contributed by atoms with Crippen molar-refractivity contribution in [2.24, 2.45) is 0 Å². The molecule has 0 bridgehead atoms. The summed E-state index contributed by atoms with van der Waals surface area (Å²) >= 11 is 0. The van der Waals surface area contributed by atoms with Gasteiger partial charge in [-0.2, -0.15) is 4.98 Å². The minimum absolute atomic E-state index is 0.283. The third-order valence-corrected chi connectivity index (χ3v) is 5.49. The molecule has 142 valence electrons. The zero-order valence-electron chi connectivity index (χ0n) is 16.0. The number of ether oxygens (including phenoxy) is 1. The van der Waals surface area contributed by atoms with E-state index in [0.717, 1.165) is 37.0 Å². The maximum atomic E-state index is 11.7. The van der Waals surface area contributed by atoms with Crippen molar-refractivity contribution in [1.82, 2.24) is 9.97 Å². The van der Waals surface area contributed by atoms with Crippen LogP contribution in [0.15, 0.2) is 24.3 Å². The van der Waals surface area contributed by atoms with Crippen LogP contribution in [0.2, 0.25) is 0 Å².